The molecule has 4 amide bonds. The van der Waals surface area contributed by atoms with Gasteiger partial charge in [0.2, 0.25) is 11.8 Å². The van der Waals surface area contributed by atoms with Crippen molar-refractivity contribution in [2.24, 2.45) is 17.6 Å². The summed E-state index contributed by atoms with van der Waals surface area (Å²) in [5.74, 6) is -1.82. The molecule has 68 heavy (non-hydrogen) atoms. The predicted octanol–water partition coefficient (Wildman–Crippen LogP) is 1.17. The fourth-order valence-corrected chi connectivity index (χ4v) is 7.39. The van der Waals surface area contributed by atoms with Crippen molar-refractivity contribution in [2.45, 2.75) is 97.1 Å². The highest BCUT2D eigenvalue weighted by atomic mass is 16.6. The number of hydrogen-bond acceptors (Lipinski definition) is 16. The number of hydrogen-bond donors (Lipinski definition) is 6. The van der Waals surface area contributed by atoms with Gasteiger partial charge >= 0.3 is 17.9 Å². The van der Waals surface area contributed by atoms with E-state index in [2.05, 4.69) is 27.2 Å². The molecule has 376 valence electrons. The SMILES string of the molecule is C=CCn1c(=O)n([C@@H]2O[C@H](CO)[C@@H](O)C2OC(=O)N(C)CCN(C)C(=O)OCc2ccc(NC(=O)[C@H](CCCCN)CC(=O)[C@@H](NC(=O)COCCOCC)C(C)C)cc2)c2nc(C)[nH]c(=O)c21. The molecule has 0 radical (unpaired) electrons. The Hall–Kier alpha value is -5.98. The van der Waals surface area contributed by atoms with Gasteiger partial charge in [0.15, 0.2) is 29.3 Å². The number of benzene rings is 1. The number of unbranched alkanes of at least 4 members (excludes halogenated alkanes) is 1. The van der Waals surface area contributed by atoms with E-state index in [-0.39, 0.29) is 80.5 Å². The number of fused-ring (bicyclic) bond motifs is 1. The van der Waals surface area contributed by atoms with Crippen molar-refractivity contribution in [3.8, 4) is 0 Å². The van der Waals surface area contributed by atoms with Crippen LogP contribution in [0.5, 0.6) is 0 Å². The third-order valence-electron chi connectivity index (χ3n) is 11.2. The quantitative estimate of drug-likeness (QED) is 0.0462. The summed E-state index contributed by atoms with van der Waals surface area (Å²) < 4.78 is 29.6. The number of carbonyl (C=O) groups is 5. The number of nitrogens with zero attached hydrogens (tertiary/aromatic N) is 5. The van der Waals surface area contributed by atoms with Crippen LogP contribution in [-0.2, 0) is 51.2 Å². The number of aryl methyl sites for hydroxylation is 1. The molecule has 3 aromatic rings. The number of aromatic amines is 1. The number of imidazole rings is 1. The zero-order valence-electron chi connectivity index (χ0n) is 39.6. The number of anilines is 1. The van der Waals surface area contributed by atoms with E-state index in [1.165, 1.54) is 32.0 Å². The highest BCUT2D eigenvalue weighted by molar-refractivity contribution is 5.97. The lowest BCUT2D eigenvalue weighted by atomic mass is 9.89. The van der Waals surface area contributed by atoms with E-state index in [1.54, 1.807) is 24.3 Å². The van der Waals surface area contributed by atoms with E-state index in [0.29, 0.717) is 50.3 Å². The Morgan fingerprint density at radius 2 is 1.72 bits per heavy atom. The molecule has 1 unspecified atom stereocenters. The summed E-state index contributed by atoms with van der Waals surface area (Å²) in [6.45, 7) is 11.0. The predicted molar refractivity (Wildman–Crippen MR) is 247 cm³/mol. The van der Waals surface area contributed by atoms with E-state index >= 15 is 0 Å². The topological polar surface area (TPSA) is 301 Å². The Kier molecular flexibility index (Phi) is 21.3. The van der Waals surface area contributed by atoms with E-state index in [4.69, 9.17) is 29.4 Å². The third kappa shape index (κ3) is 14.8. The minimum Gasteiger partial charge on any atom is -0.445 e. The average Bonchev–Trinajstić information content (AvgIpc) is 3.76. The normalized spacial score (nSPS) is 17.7. The summed E-state index contributed by atoms with van der Waals surface area (Å²) >= 11 is 0. The molecule has 0 spiro atoms. The van der Waals surface area contributed by atoms with Gasteiger partial charge in [-0.15, -0.1) is 6.58 Å². The van der Waals surface area contributed by atoms with Gasteiger partial charge in [0.05, 0.1) is 25.9 Å². The van der Waals surface area contributed by atoms with Crippen LogP contribution in [0.3, 0.4) is 0 Å². The fourth-order valence-electron chi connectivity index (χ4n) is 7.39. The summed E-state index contributed by atoms with van der Waals surface area (Å²) in [7, 11) is 2.85. The maximum absolute atomic E-state index is 13.6. The number of aliphatic hydroxyl groups excluding tert-OH is 2. The number of nitrogens with one attached hydrogen (secondary N) is 3. The molecule has 4 rings (SSSR count). The lowest BCUT2D eigenvalue weighted by Crippen LogP contribution is -2.46. The van der Waals surface area contributed by atoms with E-state index < -0.39 is 72.4 Å². The molecule has 0 saturated carbocycles. The van der Waals surface area contributed by atoms with Gasteiger partial charge in [0.25, 0.3) is 5.56 Å². The molecule has 1 aromatic carbocycles. The molecule has 1 fully saturated rings. The van der Waals surface area contributed by atoms with Crippen LogP contribution in [0.2, 0.25) is 0 Å². The molecule has 2 aromatic heterocycles. The number of ketones is 1. The van der Waals surface area contributed by atoms with Crippen molar-refractivity contribution in [2.75, 3.05) is 72.1 Å². The molecule has 23 heteroatoms. The third-order valence-corrected chi connectivity index (χ3v) is 11.2. The molecule has 1 saturated heterocycles. The maximum atomic E-state index is 13.6. The number of likely N-dealkylation sites (N-methyl/N-ethyl adjacent to an activating group) is 2. The van der Waals surface area contributed by atoms with Crippen molar-refractivity contribution in [1.29, 1.82) is 0 Å². The van der Waals surface area contributed by atoms with Gasteiger partial charge in [-0.1, -0.05) is 38.5 Å². The second kappa shape index (κ2) is 26.5. The van der Waals surface area contributed by atoms with Crippen LogP contribution in [0, 0.1) is 18.8 Å². The second-order valence-electron chi connectivity index (χ2n) is 16.7. The van der Waals surface area contributed by atoms with Crippen molar-refractivity contribution in [3.05, 3.63) is 69.1 Å². The number of H-pyrrole nitrogens is 1. The fraction of sp³-hybridized carbons (Fsp3) is 0.600. The molecular formula is C45H67N9O14. The summed E-state index contributed by atoms with van der Waals surface area (Å²) in [6, 6.07) is 5.79. The van der Waals surface area contributed by atoms with Gasteiger partial charge in [-0.3, -0.25) is 23.7 Å². The molecule has 7 N–H and O–H groups in total. The minimum absolute atomic E-state index is 0.00903. The molecule has 3 heterocycles. The first-order valence-corrected chi connectivity index (χ1v) is 22.6. The molecule has 0 bridgehead atoms. The smallest absolute Gasteiger partial charge is 0.410 e. The summed E-state index contributed by atoms with van der Waals surface area (Å²) in [5, 5.41) is 26.6. The number of aromatic nitrogens is 4. The summed E-state index contributed by atoms with van der Waals surface area (Å²) in [4.78, 5) is 102. The van der Waals surface area contributed by atoms with Gasteiger partial charge in [-0.05, 0) is 56.8 Å². The number of nitrogens with two attached hydrogens (primary N) is 1. The molecule has 23 nitrogen and oxygen atoms in total. The van der Waals surface area contributed by atoms with Crippen molar-refractivity contribution >= 4 is 46.6 Å². The standard InChI is InChI=1S/C45H67N9O14/c1-8-18-53-36-39(47-28(5)48-41(36)60)54(43(53)61)42-38(37(58)33(24-55)67-42)68-45(63)52(7)20-19-51(6)44(62)66-25-29-13-15-31(16-14-29)49-40(59)30(12-10-11-17-46)23-32(56)35(27(3)4)50-34(57)26-65-22-21-64-9-2/h8,13-16,27,30,33,35,37-38,42,55,58H,1,9-12,17-26,46H2,2-7H3,(H,49,59)(H,50,57)(H,47,48,60)/t30-,33-,35+,37-,38?,42-/m1/s1. The van der Waals surface area contributed by atoms with Crippen LogP contribution >= 0.6 is 0 Å². The highest BCUT2D eigenvalue weighted by Crippen LogP contribution is 2.33. The van der Waals surface area contributed by atoms with Gasteiger partial charge in [-0.2, -0.15) is 0 Å². The van der Waals surface area contributed by atoms with Crippen LogP contribution in [-0.4, -0.2) is 160 Å². The van der Waals surface area contributed by atoms with Crippen molar-refractivity contribution in [1.82, 2.24) is 34.2 Å². The molecule has 1 aliphatic rings. The van der Waals surface area contributed by atoms with Gasteiger partial charge < -0.3 is 65.0 Å². The molecular weight excluding hydrogens is 891 g/mol. The van der Waals surface area contributed by atoms with Crippen molar-refractivity contribution < 1.29 is 57.9 Å². The molecule has 6 atom stereocenters. The number of rotatable bonds is 27. The molecule has 0 aliphatic carbocycles. The Bertz CT molecular complexity index is 2300. The first-order valence-electron chi connectivity index (χ1n) is 22.6. The lowest BCUT2D eigenvalue weighted by Gasteiger charge is -2.26. The number of carbonyl (C=O) groups excluding carboxylic acids is 5. The number of Topliss-reactive ketones (excluding diaryl/α,β-unsaturated/α-hetero) is 1. The monoisotopic (exact) mass is 957 g/mol. The maximum Gasteiger partial charge on any atom is 0.410 e. The van der Waals surface area contributed by atoms with Crippen LogP contribution < -0.4 is 27.6 Å². The van der Waals surface area contributed by atoms with Crippen molar-refractivity contribution in [3.63, 3.8) is 0 Å². The van der Waals surface area contributed by atoms with E-state index in [1.807, 2.05) is 20.8 Å². The second-order valence-corrected chi connectivity index (χ2v) is 16.7. The minimum atomic E-state index is -1.58. The van der Waals surface area contributed by atoms with E-state index in [9.17, 15) is 43.8 Å². The van der Waals surface area contributed by atoms with Crippen LogP contribution in [0.4, 0.5) is 15.3 Å². The van der Waals surface area contributed by atoms with Crippen LogP contribution in [0.25, 0.3) is 11.2 Å². The van der Waals surface area contributed by atoms with Crippen LogP contribution in [0.15, 0.2) is 46.5 Å². The van der Waals surface area contributed by atoms with Gasteiger partial charge in [-0.25, -0.2) is 23.9 Å². The Balaban J connectivity index is 1.30. The number of ether oxygens (including phenoxy) is 5. The Labute approximate surface area is 393 Å². The summed E-state index contributed by atoms with van der Waals surface area (Å²) in [5.41, 5.74) is 5.21. The average molecular weight is 958 g/mol. The largest absolute Gasteiger partial charge is 0.445 e. The Morgan fingerprint density at radius 1 is 1.04 bits per heavy atom. The Morgan fingerprint density at radius 3 is 2.35 bits per heavy atom. The van der Waals surface area contributed by atoms with Crippen LogP contribution in [0.1, 0.15) is 64.1 Å². The highest BCUT2D eigenvalue weighted by Gasteiger charge is 2.49. The number of amides is 4. The first-order chi connectivity index (χ1) is 32.4. The van der Waals surface area contributed by atoms with E-state index in [0.717, 1.165) is 14.0 Å². The lowest BCUT2D eigenvalue weighted by molar-refractivity contribution is -0.133. The van der Waals surface area contributed by atoms with Gasteiger partial charge in [0.1, 0.15) is 31.2 Å². The van der Waals surface area contributed by atoms with Gasteiger partial charge in [0, 0.05) is 58.4 Å². The summed E-state index contributed by atoms with van der Waals surface area (Å²) in [6.07, 6.45) is -4.50. The molecule has 1 aliphatic heterocycles. The number of allylic oxidation sites excluding steroid dienone is 1. The zero-order valence-corrected chi connectivity index (χ0v) is 39.6. The number of aliphatic hydroxyl groups is 2. The first kappa shape index (κ1) is 54.6. The zero-order chi connectivity index (χ0) is 50.1.